The van der Waals surface area contributed by atoms with Crippen LogP contribution in [0.15, 0.2) is 63.1 Å². The maximum Gasteiger partial charge on any atom is 0.328 e. The minimum atomic E-state index is -1.11. The fourth-order valence-corrected chi connectivity index (χ4v) is 4.46. The number of aromatic nitrogens is 2. The summed E-state index contributed by atoms with van der Waals surface area (Å²) in [6, 6.07) is 10.6. The summed E-state index contributed by atoms with van der Waals surface area (Å²) in [4.78, 5) is 57.6. The second-order valence-electron chi connectivity index (χ2n) is 7.64. The quantitative estimate of drug-likeness (QED) is 0.320. The van der Waals surface area contributed by atoms with E-state index >= 15 is 0 Å². The average molecular weight is 514 g/mol. The largest absolute Gasteiger partial charge is 0.497 e. The molecule has 0 aliphatic carbocycles. The van der Waals surface area contributed by atoms with E-state index in [1.54, 1.807) is 24.3 Å². The molecule has 1 aliphatic rings. The number of carbonyl (C=O) groups is 2. The third-order valence-corrected chi connectivity index (χ3v) is 6.28. The summed E-state index contributed by atoms with van der Waals surface area (Å²) >= 11 is 0.978. The fraction of sp³-hybridized carbons (Fsp3) is 0.174. The predicted molar refractivity (Wildman–Crippen MR) is 131 cm³/mol. The summed E-state index contributed by atoms with van der Waals surface area (Å²) in [5, 5.41) is 14.8. The van der Waals surface area contributed by atoms with Crippen LogP contribution in [0.1, 0.15) is 23.6 Å². The molecule has 0 unspecified atom stereocenters. The van der Waals surface area contributed by atoms with Gasteiger partial charge in [-0.3, -0.25) is 24.4 Å². The van der Waals surface area contributed by atoms with Crippen molar-refractivity contribution in [3.8, 4) is 11.6 Å². The van der Waals surface area contributed by atoms with E-state index in [0.717, 1.165) is 11.8 Å². The van der Waals surface area contributed by atoms with Gasteiger partial charge in [0.25, 0.3) is 5.56 Å². The lowest BCUT2D eigenvalue weighted by Gasteiger charge is -2.15. The number of methoxy groups -OCH3 is 1. The molecule has 2 heterocycles. The highest BCUT2D eigenvalue weighted by molar-refractivity contribution is 8.15. The summed E-state index contributed by atoms with van der Waals surface area (Å²) in [7, 11) is 1.49. The number of carbonyl (C=O) groups excluding carboxylic acids is 2. The molecule has 1 aromatic heterocycles. The minimum Gasteiger partial charge on any atom is -0.497 e. The number of anilines is 1. The fourth-order valence-electron chi connectivity index (χ4n) is 3.46. The van der Waals surface area contributed by atoms with Crippen molar-refractivity contribution in [2.45, 2.75) is 17.7 Å². The van der Waals surface area contributed by atoms with Crippen LogP contribution in [-0.4, -0.2) is 44.4 Å². The molecule has 0 saturated carbocycles. The van der Waals surface area contributed by atoms with E-state index in [2.05, 4.69) is 25.6 Å². The summed E-state index contributed by atoms with van der Waals surface area (Å²) in [5.74, 6) is -1.50. The Hall–Kier alpha value is -4.39. The zero-order valence-corrected chi connectivity index (χ0v) is 19.5. The lowest BCUT2D eigenvalue weighted by molar-refractivity contribution is -0.122. The topological polar surface area (TPSA) is 166 Å². The number of halogens is 1. The van der Waals surface area contributed by atoms with Crippen LogP contribution in [0.3, 0.4) is 0 Å². The number of nitrogens with zero attached hydrogens (tertiary/aromatic N) is 1. The number of H-pyrrole nitrogens is 2. The van der Waals surface area contributed by atoms with Crippen molar-refractivity contribution in [1.82, 2.24) is 15.3 Å². The van der Waals surface area contributed by atoms with Crippen LogP contribution in [0.5, 0.6) is 11.6 Å². The van der Waals surface area contributed by atoms with Crippen molar-refractivity contribution in [3.63, 3.8) is 0 Å². The zero-order valence-electron chi connectivity index (χ0n) is 18.7. The van der Waals surface area contributed by atoms with Gasteiger partial charge in [-0.15, -0.1) is 0 Å². The number of aliphatic imine (C=N–C) groups is 1. The predicted octanol–water partition coefficient (Wildman–Crippen LogP) is 1.62. The summed E-state index contributed by atoms with van der Waals surface area (Å²) in [5.41, 5.74) is -1.14. The van der Waals surface area contributed by atoms with Gasteiger partial charge in [-0.05, 0) is 42.0 Å². The van der Waals surface area contributed by atoms with Gasteiger partial charge >= 0.3 is 5.69 Å². The number of amides is 2. The Morgan fingerprint density at radius 1 is 1.14 bits per heavy atom. The molecule has 2 amide bonds. The lowest BCUT2D eigenvalue weighted by Crippen LogP contribution is -2.29. The first-order chi connectivity index (χ1) is 17.2. The smallest absolute Gasteiger partial charge is 0.328 e. The molecule has 1 fully saturated rings. The minimum absolute atomic E-state index is 0.116. The number of benzene rings is 2. The van der Waals surface area contributed by atoms with Crippen LogP contribution in [0, 0.1) is 5.82 Å². The van der Waals surface area contributed by atoms with Gasteiger partial charge in [-0.1, -0.05) is 23.9 Å². The lowest BCUT2D eigenvalue weighted by atomic mass is 10.0. The van der Waals surface area contributed by atoms with Gasteiger partial charge in [0.15, 0.2) is 5.17 Å². The van der Waals surface area contributed by atoms with Gasteiger partial charge in [0.2, 0.25) is 17.7 Å². The van der Waals surface area contributed by atoms with Gasteiger partial charge < -0.3 is 20.5 Å². The molecule has 0 bridgehead atoms. The molecular weight excluding hydrogens is 493 g/mol. The number of ether oxygens (including phenoxy) is 1. The van der Waals surface area contributed by atoms with Crippen molar-refractivity contribution in [2.24, 2.45) is 4.99 Å². The third-order valence-electron chi connectivity index (χ3n) is 5.19. The molecule has 4 rings (SSSR count). The normalized spacial score (nSPS) is 17.0. The van der Waals surface area contributed by atoms with Crippen LogP contribution < -0.4 is 26.6 Å². The Bertz CT molecular complexity index is 1440. The van der Waals surface area contributed by atoms with Gasteiger partial charge in [0.05, 0.1) is 7.11 Å². The molecule has 1 saturated heterocycles. The van der Waals surface area contributed by atoms with E-state index in [1.165, 1.54) is 31.4 Å². The first-order valence-electron chi connectivity index (χ1n) is 10.5. The van der Waals surface area contributed by atoms with E-state index < -0.39 is 46.1 Å². The number of aromatic hydroxyl groups is 1. The molecule has 13 heteroatoms. The summed E-state index contributed by atoms with van der Waals surface area (Å²) in [6.45, 7) is 0. The van der Waals surface area contributed by atoms with E-state index in [4.69, 9.17) is 4.74 Å². The molecule has 2 aromatic carbocycles. The van der Waals surface area contributed by atoms with Gasteiger partial charge in [0.1, 0.15) is 28.4 Å². The Labute approximate surface area is 206 Å². The van der Waals surface area contributed by atoms with Crippen LogP contribution >= 0.6 is 11.8 Å². The second kappa shape index (κ2) is 10.5. The van der Waals surface area contributed by atoms with Crippen molar-refractivity contribution < 1.29 is 23.8 Å². The first kappa shape index (κ1) is 24.7. The molecule has 0 spiro atoms. The van der Waals surface area contributed by atoms with E-state index in [1.807, 2.05) is 0 Å². The molecule has 2 atom stereocenters. The highest BCUT2D eigenvalue weighted by atomic mass is 32.2. The summed E-state index contributed by atoms with van der Waals surface area (Å²) in [6.07, 6.45) is -0.190. The SMILES string of the molecule is COc1ccc([C@H](N=C2NC(=O)[C@H](CC(=O)Nc3ccc(F)cc3)S2)c2c(O)[nH]c(=O)[nH]c2=O)cc1. The molecule has 11 nitrogen and oxygen atoms in total. The van der Waals surface area contributed by atoms with E-state index in [-0.39, 0.29) is 17.2 Å². The number of rotatable bonds is 7. The van der Waals surface area contributed by atoms with Crippen LogP contribution in [0.4, 0.5) is 10.1 Å². The van der Waals surface area contributed by atoms with E-state index in [0.29, 0.717) is 17.0 Å². The highest BCUT2D eigenvalue weighted by Crippen LogP contribution is 2.32. The molecule has 0 radical (unpaired) electrons. The van der Waals surface area contributed by atoms with Crippen molar-refractivity contribution in [2.75, 3.05) is 12.4 Å². The average Bonchev–Trinajstić information content (AvgIpc) is 3.17. The number of amidine groups is 1. The number of nitrogens with one attached hydrogen (secondary N) is 4. The molecule has 1 aliphatic heterocycles. The monoisotopic (exact) mass is 513 g/mol. The first-order valence-corrected chi connectivity index (χ1v) is 11.4. The number of aromatic amines is 2. The molecule has 186 valence electrons. The molecular formula is C23H20FN5O6S. The Kier molecular flexibility index (Phi) is 7.20. The van der Waals surface area contributed by atoms with Gasteiger partial charge in [0, 0.05) is 12.1 Å². The molecule has 5 N–H and O–H groups in total. The second-order valence-corrected chi connectivity index (χ2v) is 8.83. The molecule has 3 aromatic rings. The Balaban J connectivity index is 1.59. The highest BCUT2D eigenvalue weighted by Gasteiger charge is 2.33. The number of thioether (sulfide) groups is 1. The third kappa shape index (κ3) is 5.63. The van der Waals surface area contributed by atoms with Crippen molar-refractivity contribution >= 4 is 34.4 Å². The van der Waals surface area contributed by atoms with Crippen LogP contribution in [-0.2, 0) is 9.59 Å². The Morgan fingerprint density at radius 2 is 1.83 bits per heavy atom. The van der Waals surface area contributed by atoms with Gasteiger partial charge in [-0.25, -0.2) is 14.2 Å². The van der Waals surface area contributed by atoms with Gasteiger partial charge in [-0.2, -0.15) is 0 Å². The zero-order chi connectivity index (χ0) is 25.8. The van der Waals surface area contributed by atoms with Crippen molar-refractivity contribution in [1.29, 1.82) is 0 Å². The number of hydrogen-bond donors (Lipinski definition) is 5. The maximum absolute atomic E-state index is 13.1. The maximum atomic E-state index is 13.1. The van der Waals surface area contributed by atoms with Crippen molar-refractivity contribution in [3.05, 3.63) is 86.3 Å². The van der Waals surface area contributed by atoms with E-state index in [9.17, 15) is 28.7 Å². The number of hydrogen-bond acceptors (Lipinski definition) is 8. The standard InChI is InChI=1S/C23H20FN5O6S/c1-35-14-8-2-11(3-9-14)18(17-20(32)27-22(34)28-21(17)33)26-23-29-19(31)15(36-23)10-16(30)25-13-6-4-12(24)5-7-13/h2-9,15,18H,10H2,1H3,(H,25,30)(H,26,29,31)(H3,27,28,32,33,34)/t15-,18-/m0/s1. The molecule has 36 heavy (non-hydrogen) atoms. The van der Waals surface area contributed by atoms with Crippen LogP contribution in [0.2, 0.25) is 0 Å². The Morgan fingerprint density at radius 3 is 2.47 bits per heavy atom. The van der Waals surface area contributed by atoms with Crippen LogP contribution in [0.25, 0.3) is 0 Å². The summed E-state index contributed by atoms with van der Waals surface area (Å²) < 4.78 is 18.2.